The third-order valence-corrected chi connectivity index (χ3v) is 3.07. The van der Waals surface area contributed by atoms with Crippen molar-refractivity contribution in [2.45, 2.75) is 39.5 Å². The van der Waals surface area contributed by atoms with E-state index in [0.717, 1.165) is 25.7 Å². The van der Waals surface area contributed by atoms with Gasteiger partial charge in [-0.1, -0.05) is 26.7 Å². The van der Waals surface area contributed by atoms with Crippen molar-refractivity contribution in [3.05, 3.63) is 29.6 Å². The third kappa shape index (κ3) is 4.54. The summed E-state index contributed by atoms with van der Waals surface area (Å²) in [6.45, 7) is 5.51. The molecule has 1 aromatic rings. The highest BCUT2D eigenvalue weighted by Gasteiger charge is 2.18. The predicted octanol–water partition coefficient (Wildman–Crippen LogP) is 3.45. The quantitative estimate of drug-likeness (QED) is 0.768. The first-order chi connectivity index (χ1) is 9.10. The average Bonchev–Trinajstić information content (AvgIpc) is 2.38. The molecule has 0 saturated heterocycles. The maximum atomic E-state index is 13.8. The smallest absolute Gasteiger partial charge is 0.256 e. The van der Waals surface area contributed by atoms with Crippen molar-refractivity contribution in [3.63, 3.8) is 0 Å². The summed E-state index contributed by atoms with van der Waals surface area (Å²) in [5.74, 6) is -0.776. The Morgan fingerprint density at radius 2 is 1.79 bits per heavy atom. The number of nitrogens with two attached hydrogens (primary N) is 1. The summed E-state index contributed by atoms with van der Waals surface area (Å²) in [5.41, 5.74) is 5.95. The summed E-state index contributed by atoms with van der Waals surface area (Å²) in [5, 5.41) is 0. The van der Waals surface area contributed by atoms with Crippen LogP contribution in [-0.4, -0.2) is 23.9 Å². The van der Waals surface area contributed by atoms with Crippen LogP contribution in [0.1, 0.15) is 49.9 Å². The van der Waals surface area contributed by atoms with Crippen LogP contribution in [0.15, 0.2) is 18.2 Å². The van der Waals surface area contributed by atoms with Crippen LogP contribution in [0, 0.1) is 5.82 Å². The van der Waals surface area contributed by atoms with Gasteiger partial charge < -0.3 is 10.6 Å². The molecule has 106 valence electrons. The van der Waals surface area contributed by atoms with Gasteiger partial charge in [0, 0.05) is 18.8 Å². The lowest BCUT2D eigenvalue weighted by Crippen LogP contribution is -2.33. The number of rotatable bonds is 7. The average molecular weight is 266 g/mol. The molecule has 0 fully saturated rings. The fraction of sp³-hybridized carbons (Fsp3) is 0.533. The van der Waals surface area contributed by atoms with Crippen LogP contribution in [0.25, 0.3) is 0 Å². The van der Waals surface area contributed by atoms with Gasteiger partial charge in [0.25, 0.3) is 5.91 Å². The van der Waals surface area contributed by atoms with E-state index in [1.54, 1.807) is 11.0 Å². The van der Waals surface area contributed by atoms with Crippen molar-refractivity contribution < 1.29 is 9.18 Å². The second kappa shape index (κ2) is 7.77. The van der Waals surface area contributed by atoms with Gasteiger partial charge >= 0.3 is 0 Å². The summed E-state index contributed by atoms with van der Waals surface area (Å²) >= 11 is 0. The summed E-state index contributed by atoms with van der Waals surface area (Å²) in [6, 6.07) is 4.23. The molecule has 1 aromatic carbocycles. The van der Waals surface area contributed by atoms with Crippen molar-refractivity contribution in [1.29, 1.82) is 0 Å². The number of carbonyl (C=O) groups excluding carboxylic acids is 1. The van der Waals surface area contributed by atoms with E-state index >= 15 is 0 Å². The SMILES string of the molecule is CCCCN(CCCC)C(=O)c1ccc(N)cc1F. The van der Waals surface area contributed by atoms with E-state index in [9.17, 15) is 9.18 Å². The van der Waals surface area contributed by atoms with Gasteiger partial charge in [-0.05, 0) is 31.0 Å². The van der Waals surface area contributed by atoms with Gasteiger partial charge in [-0.3, -0.25) is 4.79 Å². The summed E-state index contributed by atoms with van der Waals surface area (Å²) in [7, 11) is 0. The number of nitrogen functional groups attached to an aromatic ring is 1. The lowest BCUT2D eigenvalue weighted by molar-refractivity contribution is 0.0746. The van der Waals surface area contributed by atoms with Crippen molar-refractivity contribution in [2.75, 3.05) is 18.8 Å². The predicted molar refractivity (Wildman–Crippen MR) is 76.5 cm³/mol. The number of benzene rings is 1. The number of amides is 1. The number of nitrogens with zero attached hydrogens (tertiary/aromatic N) is 1. The minimum atomic E-state index is -0.539. The Kier molecular flexibility index (Phi) is 6.33. The third-order valence-electron chi connectivity index (χ3n) is 3.07. The number of hydrogen-bond acceptors (Lipinski definition) is 2. The zero-order valence-electron chi connectivity index (χ0n) is 11.8. The van der Waals surface area contributed by atoms with E-state index in [-0.39, 0.29) is 11.5 Å². The molecular formula is C15H23FN2O. The van der Waals surface area contributed by atoms with E-state index in [0.29, 0.717) is 18.8 Å². The molecule has 0 aliphatic heterocycles. The normalized spacial score (nSPS) is 10.5. The van der Waals surface area contributed by atoms with Crippen LogP contribution in [0.2, 0.25) is 0 Å². The Morgan fingerprint density at radius 3 is 2.26 bits per heavy atom. The van der Waals surface area contributed by atoms with Gasteiger partial charge in [-0.15, -0.1) is 0 Å². The second-order valence-corrected chi connectivity index (χ2v) is 4.74. The number of halogens is 1. The highest BCUT2D eigenvalue weighted by molar-refractivity contribution is 5.94. The molecule has 0 heterocycles. The first kappa shape index (κ1) is 15.5. The van der Waals surface area contributed by atoms with Crippen molar-refractivity contribution in [3.8, 4) is 0 Å². The molecule has 4 heteroatoms. The largest absolute Gasteiger partial charge is 0.399 e. The molecule has 1 amide bonds. The molecule has 2 N–H and O–H groups in total. The summed E-state index contributed by atoms with van der Waals surface area (Å²) in [4.78, 5) is 14.1. The minimum absolute atomic E-state index is 0.112. The highest BCUT2D eigenvalue weighted by Crippen LogP contribution is 2.15. The van der Waals surface area contributed by atoms with Crippen molar-refractivity contribution in [1.82, 2.24) is 4.90 Å². The number of carbonyl (C=O) groups is 1. The van der Waals surface area contributed by atoms with Gasteiger partial charge in [0.2, 0.25) is 0 Å². The molecule has 0 aromatic heterocycles. The Balaban J connectivity index is 2.84. The molecule has 3 nitrogen and oxygen atoms in total. The molecule has 0 spiro atoms. The molecule has 0 saturated carbocycles. The highest BCUT2D eigenvalue weighted by atomic mass is 19.1. The van der Waals surface area contributed by atoms with Crippen LogP contribution in [0.4, 0.5) is 10.1 Å². The molecule has 19 heavy (non-hydrogen) atoms. The Morgan fingerprint density at radius 1 is 1.21 bits per heavy atom. The lowest BCUT2D eigenvalue weighted by Gasteiger charge is -2.22. The number of unbranched alkanes of at least 4 members (excludes halogenated alkanes) is 2. The van der Waals surface area contributed by atoms with E-state index in [4.69, 9.17) is 5.73 Å². The van der Waals surface area contributed by atoms with E-state index < -0.39 is 5.82 Å². The molecule has 1 rings (SSSR count). The van der Waals surface area contributed by atoms with Crippen LogP contribution < -0.4 is 5.73 Å². The Labute approximate surface area is 114 Å². The molecule has 0 atom stereocenters. The molecule has 0 aliphatic rings. The fourth-order valence-corrected chi connectivity index (χ4v) is 1.89. The number of anilines is 1. The zero-order chi connectivity index (χ0) is 14.3. The van der Waals surface area contributed by atoms with Gasteiger partial charge in [0.15, 0.2) is 0 Å². The van der Waals surface area contributed by atoms with Crippen molar-refractivity contribution >= 4 is 11.6 Å². The maximum absolute atomic E-state index is 13.8. The van der Waals surface area contributed by atoms with E-state index in [1.165, 1.54) is 12.1 Å². The number of hydrogen-bond donors (Lipinski definition) is 1. The molecule has 0 aliphatic carbocycles. The Hall–Kier alpha value is -1.58. The lowest BCUT2D eigenvalue weighted by atomic mass is 10.1. The van der Waals surface area contributed by atoms with Gasteiger partial charge in [-0.25, -0.2) is 4.39 Å². The standard InChI is InChI=1S/C15H23FN2O/c1-3-5-9-18(10-6-4-2)15(19)13-8-7-12(17)11-14(13)16/h7-8,11H,3-6,9-10,17H2,1-2H3. The monoisotopic (exact) mass is 266 g/mol. The topological polar surface area (TPSA) is 46.3 Å². The van der Waals surface area contributed by atoms with E-state index in [2.05, 4.69) is 13.8 Å². The van der Waals surface area contributed by atoms with Gasteiger partial charge in [-0.2, -0.15) is 0 Å². The molecular weight excluding hydrogens is 243 g/mol. The van der Waals surface area contributed by atoms with Gasteiger partial charge in [0.1, 0.15) is 5.82 Å². The Bertz CT molecular complexity index is 413. The van der Waals surface area contributed by atoms with Crippen LogP contribution in [-0.2, 0) is 0 Å². The maximum Gasteiger partial charge on any atom is 0.256 e. The summed E-state index contributed by atoms with van der Waals surface area (Å²) in [6.07, 6.45) is 3.90. The fourth-order valence-electron chi connectivity index (χ4n) is 1.89. The minimum Gasteiger partial charge on any atom is -0.399 e. The van der Waals surface area contributed by atoms with Crippen LogP contribution in [0.3, 0.4) is 0 Å². The second-order valence-electron chi connectivity index (χ2n) is 4.74. The molecule has 0 bridgehead atoms. The van der Waals surface area contributed by atoms with Crippen LogP contribution in [0.5, 0.6) is 0 Å². The zero-order valence-corrected chi connectivity index (χ0v) is 11.8. The first-order valence-corrected chi connectivity index (χ1v) is 6.94. The summed E-state index contributed by atoms with van der Waals surface area (Å²) < 4.78 is 13.8. The van der Waals surface area contributed by atoms with Crippen molar-refractivity contribution in [2.24, 2.45) is 0 Å². The first-order valence-electron chi connectivity index (χ1n) is 6.94. The molecule has 0 unspecified atom stereocenters. The van der Waals surface area contributed by atoms with E-state index in [1.807, 2.05) is 0 Å². The van der Waals surface area contributed by atoms with Crippen LogP contribution >= 0.6 is 0 Å². The molecule has 0 radical (unpaired) electrons. The van der Waals surface area contributed by atoms with Gasteiger partial charge in [0.05, 0.1) is 5.56 Å².